The molecular formula is C15H16IN3O2. The first kappa shape index (κ1) is 13.5. The predicted octanol–water partition coefficient (Wildman–Crippen LogP) is 2.26. The lowest BCUT2D eigenvalue weighted by Gasteiger charge is -2.30. The van der Waals surface area contributed by atoms with Crippen molar-refractivity contribution in [3.63, 3.8) is 0 Å². The van der Waals surface area contributed by atoms with Crippen LogP contribution in [0.2, 0.25) is 0 Å². The van der Waals surface area contributed by atoms with Crippen LogP contribution in [0, 0.1) is 9.68 Å². The number of pyridine rings is 1. The Morgan fingerprint density at radius 2 is 2.33 bits per heavy atom. The van der Waals surface area contributed by atoms with Gasteiger partial charge in [0.2, 0.25) is 0 Å². The van der Waals surface area contributed by atoms with Crippen LogP contribution in [0.15, 0.2) is 22.7 Å². The number of fused-ring (bicyclic) bond motifs is 3. The maximum atomic E-state index is 12.4. The molecule has 3 atom stereocenters. The third-order valence-electron chi connectivity index (χ3n) is 4.41. The van der Waals surface area contributed by atoms with E-state index in [1.165, 1.54) is 19.5 Å². The fourth-order valence-corrected chi connectivity index (χ4v) is 4.02. The minimum Gasteiger partial charge on any atom is -0.450 e. The lowest BCUT2D eigenvalue weighted by molar-refractivity contribution is 0.0904. The number of rotatable bonds is 2. The molecule has 0 aromatic carbocycles. The highest BCUT2D eigenvalue weighted by Gasteiger charge is 2.33. The summed E-state index contributed by atoms with van der Waals surface area (Å²) in [5.41, 5.74) is 1.15. The molecular weight excluding hydrogens is 381 g/mol. The Kier molecular flexibility index (Phi) is 3.37. The quantitative estimate of drug-likeness (QED) is 0.791. The monoisotopic (exact) mass is 397 g/mol. The number of hydrogen-bond donors (Lipinski definition) is 1. The van der Waals surface area contributed by atoms with Gasteiger partial charge >= 0.3 is 0 Å². The highest BCUT2D eigenvalue weighted by Crippen LogP contribution is 2.27. The van der Waals surface area contributed by atoms with Crippen molar-refractivity contribution in [1.29, 1.82) is 0 Å². The van der Waals surface area contributed by atoms with E-state index >= 15 is 0 Å². The van der Waals surface area contributed by atoms with E-state index in [0.717, 1.165) is 28.0 Å². The van der Waals surface area contributed by atoms with Gasteiger partial charge < -0.3 is 14.6 Å². The Bertz CT molecular complexity index is 687. The van der Waals surface area contributed by atoms with Gasteiger partial charge in [-0.05, 0) is 54.0 Å². The predicted molar refractivity (Wildman–Crippen MR) is 87.1 cm³/mol. The van der Waals surface area contributed by atoms with Gasteiger partial charge in [0, 0.05) is 36.8 Å². The third kappa shape index (κ3) is 2.66. The molecule has 2 aromatic heterocycles. The lowest BCUT2D eigenvalue weighted by Crippen LogP contribution is -2.47. The zero-order valence-corrected chi connectivity index (χ0v) is 13.7. The Morgan fingerprint density at radius 1 is 1.43 bits per heavy atom. The zero-order valence-electron chi connectivity index (χ0n) is 11.5. The fraction of sp³-hybridized carbons (Fsp3) is 0.467. The molecule has 4 heterocycles. The summed E-state index contributed by atoms with van der Waals surface area (Å²) in [6.07, 6.45) is 4.05. The Labute approximate surface area is 136 Å². The minimum absolute atomic E-state index is 0.101. The van der Waals surface area contributed by atoms with Crippen molar-refractivity contribution < 1.29 is 9.21 Å². The number of halogens is 1. The number of furan rings is 1. The van der Waals surface area contributed by atoms with Crippen LogP contribution in [-0.2, 0) is 0 Å². The summed E-state index contributed by atoms with van der Waals surface area (Å²) >= 11 is 2.12. The van der Waals surface area contributed by atoms with Crippen LogP contribution in [0.25, 0.3) is 11.0 Å². The first-order valence-electron chi connectivity index (χ1n) is 7.26. The van der Waals surface area contributed by atoms with Gasteiger partial charge in [0.1, 0.15) is 11.3 Å². The summed E-state index contributed by atoms with van der Waals surface area (Å²) in [7, 11) is 0. The molecule has 6 heteroatoms. The molecule has 2 bridgehead atoms. The molecule has 0 radical (unpaired) electrons. The highest BCUT2D eigenvalue weighted by molar-refractivity contribution is 14.1. The normalized spacial score (nSPS) is 28.0. The number of carbonyl (C=O) groups is 1. The fourth-order valence-electron chi connectivity index (χ4n) is 3.45. The topological polar surface area (TPSA) is 58.4 Å². The van der Waals surface area contributed by atoms with Crippen LogP contribution < -0.4 is 5.32 Å². The van der Waals surface area contributed by atoms with Crippen LogP contribution in [0.3, 0.4) is 0 Å². The number of carbonyl (C=O) groups excluding carboxylic acids is 1. The molecule has 2 aliphatic heterocycles. The second-order valence-corrected chi connectivity index (χ2v) is 7.04. The van der Waals surface area contributed by atoms with Crippen molar-refractivity contribution >= 4 is 39.5 Å². The van der Waals surface area contributed by atoms with Gasteiger partial charge in [-0.1, -0.05) is 0 Å². The first-order chi connectivity index (χ1) is 10.2. The minimum atomic E-state index is -0.101. The van der Waals surface area contributed by atoms with E-state index in [4.69, 9.17) is 4.42 Å². The maximum absolute atomic E-state index is 12.4. The van der Waals surface area contributed by atoms with E-state index in [0.29, 0.717) is 11.3 Å². The lowest BCUT2D eigenvalue weighted by atomic mass is 9.97. The van der Waals surface area contributed by atoms with Gasteiger partial charge in [-0.3, -0.25) is 9.78 Å². The Hall–Kier alpha value is -1.15. The number of amides is 1. The van der Waals surface area contributed by atoms with Gasteiger partial charge in [0.15, 0.2) is 3.77 Å². The van der Waals surface area contributed by atoms with Crippen LogP contribution in [0.1, 0.15) is 23.3 Å². The second kappa shape index (κ2) is 5.24. The second-order valence-electron chi connectivity index (χ2n) is 5.98. The molecule has 1 amide bonds. The van der Waals surface area contributed by atoms with Crippen LogP contribution in [0.4, 0.5) is 0 Å². The standard InChI is InChI=1S/C15H16IN3O2/c16-14-4-10-6-17-12(5-13(10)21-14)15(20)18-11-3-9-1-2-19(7-9)8-11/h4-6,9,11H,1-3,7-8H2,(H,18,20)/t9-,11-/m1/s1. The number of piperidine rings is 1. The van der Waals surface area contributed by atoms with E-state index in [2.05, 4.69) is 37.8 Å². The van der Waals surface area contributed by atoms with Crippen LogP contribution >= 0.6 is 22.6 Å². The SMILES string of the molecule is O=C(N[C@@H]1C[C@H]2CCN(C2)C1)c1cc2oc(I)cc2cn1. The van der Waals surface area contributed by atoms with Gasteiger partial charge in [0.05, 0.1) is 0 Å². The van der Waals surface area contributed by atoms with Gasteiger partial charge in [-0.25, -0.2) is 0 Å². The van der Waals surface area contributed by atoms with Gasteiger partial charge in [0.25, 0.3) is 5.91 Å². The molecule has 5 nitrogen and oxygen atoms in total. The van der Waals surface area contributed by atoms with Crippen molar-refractivity contribution in [3.05, 3.63) is 27.8 Å². The highest BCUT2D eigenvalue weighted by atomic mass is 127. The van der Waals surface area contributed by atoms with E-state index < -0.39 is 0 Å². The molecule has 2 aromatic rings. The summed E-state index contributed by atoms with van der Waals surface area (Å²) in [4.78, 5) is 19.0. The largest absolute Gasteiger partial charge is 0.450 e. The average Bonchev–Trinajstić information content (AvgIpc) is 2.99. The molecule has 0 aliphatic carbocycles. The molecule has 1 unspecified atom stereocenters. The van der Waals surface area contributed by atoms with Crippen molar-refractivity contribution in [2.75, 3.05) is 19.6 Å². The molecule has 1 N–H and O–H groups in total. The van der Waals surface area contributed by atoms with Gasteiger partial charge in [-0.2, -0.15) is 0 Å². The van der Waals surface area contributed by atoms with Crippen molar-refractivity contribution in [3.8, 4) is 0 Å². The number of hydrogen-bond acceptors (Lipinski definition) is 4. The Balaban J connectivity index is 1.50. The molecule has 0 saturated carbocycles. The molecule has 21 heavy (non-hydrogen) atoms. The summed E-state index contributed by atoms with van der Waals surface area (Å²) in [6.45, 7) is 3.33. The van der Waals surface area contributed by atoms with Crippen LogP contribution in [-0.4, -0.2) is 41.5 Å². The summed E-state index contributed by atoms with van der Waals surface area (Å²) in [6, 6.07) is 3.88. The van der Waals surface area contributed by atoms with E-state index in [1.807, 2.05) is 6.07 Å². The average molecular weight is 397 g/mol. The molecule has 2 saturated heterocycles. The number of nitrogens with one attached hydrogen (secondary N) is 1. The van der Waals surface area contributed by atoms with E-state index in [9.17, 15) is 4.79 Å². The molecule has 4 rings (SSSR count). The van der Waals surface area contributed by atoms with E-state index in [1.54, 1.807) is 12.3 Å². The third-order valence-corrected chi connectivity index (χ3v) is 4.94. The number of nitrogens with zero attached hydrogens (tertiary/aromatic N) is 2. The van der Waals surface area contributed by atoms with Crippen LogP contribution in [0.5, 0.6) is 0 Å². The Morgan fingerprint density at radius 3 is 3.19 bits per heavy atom. The summed E-state index contributed by atoms with van der Waals surface area (Å²) in [5.74, 6) is 0.641. The molecule has 0 spiro atoms. The van der Waals surface area contributed by atoms with Crippen molar-refractivity contribution in [2.24, 2.45) is 5.92 Å². The summed E-state index contributed by atoms with van der Waals surface area (Å²) in [5, 5.41) is 4.05. The smallest absolute Gasteiger partial charge is 0.270 e. The van der Waals surface area contributed by atoms with Gasteiger partial charge in [-0.15, -0.1) is 0 Å². The zero-order chi connectivity index (χ0) is 14.4. The van der Waals surface area contributed by atoms with Crippen molar-refractivity contribution in [2.45, 2.75) is 18.9 Å². The van der Waals surface area contributed by atoms with E-state index in [-0.39, 0.29) is 11.9 Å². The maximum Gasteiger partial charge on any atom is 0.270 e. The molecule has 110 valence electrons. The molecule has 2 aliphatic rings. The molecule has 2 fully saturated rings. The number of aromatic nitrogens is 1. The summed E-state index contributed by atoms with van der Waals surface area (Å²) < 4.78 is 6.36. The van der Waals surface area contributed by atoms with Crippen molar-refractivity contribution in [1.82, 2.24) is 15.2 Å². The first-order valence-corrected chi connectivity index (χ1v) is 8.33.